The maximum Gasteiger partial charge on any atom is 0.306 e. The summed E-state index contributed by atoms with van der Waals surface area (Å²) in [5, 5.41) is 11.2. The Labute approximate surface area is 90.0 Å². The molecule has 0 heterocycles. The van der Waals surface area contributed by atoms with Crippen LogP contribution in [-0.2, 0) is 9.59 Å². The Morgan fingerprint density at radius 1 is 1.33 bits per heavy atom. The average molecular weight is 216 g/mol. The Morgan fingerprint density at radius 2 is 1.87 bits per heavy atom. The summed E-state index contributed by atoms with van der Waals surface area (Å²) >= 11 is 0. The molecule has 4 N–H and O–H groups in total. The first-order valence-electron chi connectivity index (χ1n) is 5.12. The molecule has 0 spiro atoms. The second-order valence-corrected chi connectivity index (χ2v) is 4.09. The number of carboxylic acid groups (broad SMARTS) is 1. The zero-order valence-corrected chi connectivity index (χ0v) is 9.49. The third-order valence-corrected chi connectivity index (χ3v) is 2.32. The van der Waals surface area contributed by atoms with E-state index in [-0.39, 0.29) is 11.8 Å². The first-order chi connectivity index (χ1) is 6.86. The lowest BCUT2D eigenvalue weighted by Gasteiger charge is -2.15. The van der Waals surface area contributed by atoms with Gasteiger partial charge in [0.2, 0.25) is 5.91 Å². The van der Waals surface area contributed by atoms with Crippen LogP contribution in [0.5, 0.6) is 0 Å². The lowest BCUT2D eigenvalue weighted by molar-refractivity contribution is -0.141. The molecule has 1 amide bonds. The van der Waals surface area contributed by atoms with Crippen molar-refractivity contribution < 1.29 is 14.7 Å². The third kappa shape index (κ3) is 5.37. The molecule has 0 aliphatic carbocycles. The first-order valence-corrected chi connectivity index (χ1v) is 5.12. The van der Waals surface area contributed by atoms with Crippen molar-refractivity contribution in [3.63, 3.8) is 0 Å². The molecule has 0 aliphatic rings. The molecular weight excluding hydrogens is 196 g/mol. The van der Waals surface area contributed by atoms with Gasteiger partial charge in [0.05, 0.1) is 12.0 Å². The molecule has 5 heteroatoms. The molecule has 2 atom stereocenters. The Bertz CT molecular complexity index is 229. The van der Waals surface area contributed by atoms with Gasteiger partial charge in [0, 0.05) is 6.54 Å². The van der Waals surface area contributed by atoms with E-state index in [0.29, 0.717) is 13.0 Å². The van der Waals surface area contributed by atoms with Crippen LogP contribution in [0.2, 0.25) is 0 Å². The molecule has 0 aromatic carbocycles. The number of hydrogen-bond acceptors (Lipinski definition) is 3. The van der Waals surface area contributed by atoms with E-state index in [1.807, 2.05) is 13.8 Å². The summed E-state index contributed by atoms with van der Waals surface area (Å²) < 4.78 is 0. The van der Waals surface area contributed by atoms with Crippen LogP contribution < -0.4 is 11.1 Å². The van der Waals surface area contributed by atoms with Crippen molar-refractivity contribution in [2.75, 3.05) is 6.54 Å². The normalized spacial score (nSPS) is 14.7. The van der Waals surface area contributed by atoms with Gasteiger partial charge in [-0.1, -0.05) is 20.8 Å². The molecule has 88 valence electrons. The fraction of sp³-hybridized carbons (Fsp3) is 0.800. The van der Waals surface area contributed by atoms with E-state index < -0.39 is 17.9 Å². The molecule has 0 saturated carbocycles. The maximum atomic E-state index is 11.4. The summed E-state index contributed by atoms with van der Waals surface area (Å²) in [6.07, 6.45) is 0.423. The lowest BCUT2D eigenvalue weighted by Crippen LogP contribution is -2.44. The summed E-state index contributed by atoms with van der Waals surface area (Å²) in [7, 11) is 0. The van der Waals surface area contributed by atoms with Crippen LogP contribution in [0.4, 0.5) is 0 Å². The van der Waals surface area contributed by atoms with Crippen LogP contribution in [0.25, 0.3) is 0 Å². The van der Waals surface area contributed by atoms with Gasteiger partial charge >= 0.3 is 5.97 Å². The summed E-state index contributed by atoms with van der Waals surface area (Å²) in [6, 6.07) is -0.523. The Hall–Kier alpha value is -1.10. The first kappa shape index (κ1) is 13.9. The Kier molecular flexibility index (Phi) is 5.93. The van der Waals surface area contributed by atoms with Gasteiger partial charge in [-0.3, -0.25) is 9.59 Å². The van der Waals surface area contributed by atoms with Crippen LogP contribution >= 0.6 is 0 Å². The largest absolute Gasteiger partial charge is 0.481 e. The highest BCUT2D eigenvalue weighted by Crippen LogP contribution is 2.01. The zero-order chi connectivity index (χ0) is 12.0. The van der Waals surface area contributed by atoms with E-state index >= 15 is 0 Å². The predicted molar refractivity (Wildman–Crippen MR) is 57.2 cm³/mol. The van der Waals surface area contributed by atoms with Gasteiger partial charge in [-0.05, 0) is 12.3 Å². The minimum absolute atomic E-state index is 0.0851. The van der Waals surface area contributed by atoms with E-state index in [4.69, 9.17) is 10.8 Å². The van der Waals surface area contributed by atoms with Crippen molar-refractivity contribution >= 4 is 11.9 Å². The number of hydrogen-bond donors (Lipinski definition) is 3. The SMILES string of the molecule is CC(CCNC(=O)[C@@H](N)C(C)C)C(=O)O. The predicted octanol–water partition coefficient (Wildman–Crippen LogP) is 0.197. The van der Waals surface area contributed by atoms with Crippen LogP contribution in [0, 0.1) is 11.8 Å². The third-order valence-electron chi connectivity index (χ3n) is 2.32. The number of carboxylic acids is 1. The van der Waals surface area contributed by atoms with Crippen molar-refractivity contribution in [3.8, 4) is 0 Å². The number of carbonyl (C=O) groups is 2. The van der Waals surface area contributed by atoms with E-state index in [1.165, 1.54) is 0 Å². The highest BCUT2D eigenvalue weighted by Gasteiger charge is 2.17. The molecule has 0 aromatic heterocycles. The van der Waals surface area contributed by atoms with Crippen molar-refractivity contribution in [1.82, 2.24) is 5.32 Å². The molecular formula is C10H20N2O3. The maximum absolute atomic E-state index is 11.4. The quantitative estimate of drug-likeness (QED) is 0.591. The summed E-state index contributed by atoms with van der Waals surface area (Å²) in [5.74, 6) is -1.43. The number of rotatable bonds is 6. The van der Waals surface area contributed by atoms with Crippen molar-refractivity contribution in [1.29, 1.82) is 0 Å². The van der Waals surface area contributed by atoms with Gasteiger partial charge in [0.25, 0.3) is 0 Å². The molecule has 0 radical (unpaired) electrons. The Balaban J connectivity index is 3.78. The highest BCUT2D eigenvalue weighted by atomic mass is 16.4. The van der Waals surface area contributed by atoms with Gasteiger partial charge in [-0.15, -0.1) is 0 Å². The summed E-state index contributed by atoms with van der Waals surface area (Å²) in [4.78, 5) is 21.8. The van der Waals surface area contributed by atoms with Gasteiger partial charge < -0.3 is 16.2 Å². The lowest BCUT2D eigenvalue weighted by atomic mass is 10.0. The van der Waals surface area contributed by atoms with E-state index in [9.17, 15) is 9.59 Å². The van der Waals surface area contributed by atoms with Gasteiger partial charge in [0.1, 0.15) is 0 Å². The number of nitrogens with two attached hydrogens (primary N) is 1. The molecule has 15 heavy (non-hydrogen) atoms. The second kappa shape index (κ2) is 6.40. The minimum atomic E-state index is -0.850. The average Bonchev–Trinajstić information content (AvgIpc) is 2.15. The monoisotopic (exact) mass is 216 g/mol. The van der Waals surface area contributed by atoms with Crippen LogP contribution in [0.3, 0.4) is 0 Å². The van der Waals surface area contributed by atoms with Crippen LogP contribution in [0.1, 0.15) is 27.2 Å². The molecule has 0 aliphatic heterocycles. The smallest absolute Gasteiger partial charge is 0.306 e. The number of nitrogens with one attached hydrogen (secondary N) is 1. The number of amides is 1. The highest BCUT2D eigenvalue weighted by molar-refractivity contribution is 5.81. The second-order valence-electron chi connectivity index (χ2n) is 4.09. The standard InChI is InChI=1S/C10H20N2O3/c1-6(2)8(11)9(13)12-5-4-7(3)10(14)15/h6-8H,4-5,11H2,1-3H3,(H,12,13)(H,14,15)/t7?,8-/m0/s1. The molecule has 0 fully saturated rings. The molecule has 1 unspecified atom stereocenters. The molecule has 0 saturated heterocycles. The van der Waals surface area contributed by atoms with E-state index in [1.54, 1.807) is 6.92 Å². The van der Waals surface area contributed by atoms with Gasteiger partial charge in [0.15, 0.2) is 0 Å². The van der Waals surface area contributed by atoms with Crippen LogP contribution in [-0.4, -0.2) is 29.6 Å². The number of aliphatic carboxylic acids is 1. The fourth-order valence-corrected chi connectivity index (χ4v) is 0.956. The van der Waals surface area contributed by atoms with E-state index in [2.05, 4.69) is 5.32 Å². The fourth-order valence-electron chi connectivity index (χ4n) is 0.956. The topological polar surface area (TPSA) is 92.4 Å². The minimum Gasteiger partial charge on any atom is -0.481 e. The van der Waals surface area contributed by atoms with Gasteiger partial charge in [-0.2, -0.15) is 0 Å². The molecule has 0 bridgehead atoms. The van der Waals surface area contributed by atoms with Crippen molar-refractivity contribution in [2.45, 2.75) is 33.2 Å². The summed E-state index contributed by atoms with van der Waals surface area (Å²) in [6.45, 7) is 5.69. The van der Waals surface area contributed by atoms with E-state index in [0.717, 1.165) is 0 Å². The molecule has 0 aromatic rings. The molecule has 5 nitrogen and oxygen atoms in total. The van der Waals surface area contributed by atoms with Crippen LogP contribution in [0.15, 0.2) is 0 Å². The molecule has 0 rings (SSSR count). The summed E-state index contributed by atoms with van der Waals surface area (Å²) in [5.41, 5.74) is 5.61. The van der Waals surface area contributed by atoms with Gasteiger partial charge in [-0.25, -0.2) is 0 Å². The number of carbonyl (C=O) groups excluding carboxylic acids is 1. The van der Waals surface area contributed by atoms with Crippen molar-refractivity contribution in [3.05, 3.63) is 0 Å². The Morgan fingerprint density at radius 3 is 2.27 bits per heavy atom. The van der Waals surface area contributed by atoms with Crippen molar-refractivity contribution in [2.24, 2.45) is 17.6 Å². The zero-order valence-electron chi connectivity index (χ0n) is 9.49.